The third kappa shape index (κ3) is 4.52. The van der Waals surface area contributed by atoms with Gasteiger partial charge in [-0.3, -0.25) is 4.98 Å². The number of fused-ring (bicyclic) bond motifs is 1. The molecule has 0 bridgehead atoms. The summed E-state index contributed by atoms with van der Waals surface area (Å²) in [5, 5.41) is 14.5. The molecule has 1 saturated heterocycles. The number of benzene rings is 2. The van der Waals surface area contributed by atoms with E-state index in [9.17, 15) is 5.11 Å². The van der Waals surface area contributed by atoms with E-state index < -0.39 is 0 Å². The zero-order chi connectivity index (χ0) is 22.9. The van der Waals surface area contributed by atoms with Crippen molar-refractivity contribution in [2.75, 3.05) is 13.2 Å². The summed E-state index contributed by atoms with van der Waals surface area (Å²) in [4.78, 5) is 8.74. The minimum atomic E-state index is -0.0249. The Morgan fingerprint density at radius 2 is 1.79 bits per heavy atom. The van der Waals surface area contributed by atoms with Crippen LogP contribution in [-0.4, -0.2) is 34.3 Å². The maximum Gasteiger partial charge on any atom is 0.210 e. The largest absolute Gasteiger partial charge is 0.493 e. The highest BCUT2D eigenvalue weighted by molar-refractivity contribution is 6.34. The first-order valence-corrected chi connectivity index (χ1v) is 11.6. The highest BCUT2D eigenvalue weighted by Crippen LogP contribution is 2.40. The number of nitrogens with one attached hydrogen (secondary N) is 1. The molecular weight excluding hydrogens is 434 g/mol. The summed E-state index contributed by atoms with van der Waals surface area (Å²) < 4.78 is 6.46. The van der Waals surface area contributed by atoms with Gasteiger partial charge in [-0.25, -0.2) is 4.98 Å². The molecule has 1 aliphatic heterocycles. The summed E-state index contributed by atoms with van der Waals surface area (Å²) in [6, 6.07) is 14.3. The SMILES string of the molecule is Cc1cc(C)cc(-c2cnc3cc(Cl)c(-c4ccc(O)nc4)cc3c2OCCC2CCN2)c1. The molecule has 0 amide bonds. The van der Waals surface area contributed by atoms with Gasteiger partial charge < -0.3 is 15.2 Å². The van der Waals surface area contributed by atoms with Crippen LogP contribution in [0.3, 0.4) is 0 Å². The van der Waals surface area contributed by atoms with Crippen molar-refractivity contribution in [3.05, 3.63) is 71.0 Å². The van der Waals surface area contributed by atoms with Crippen LogP contribution >= 0.6 is 11.6 Å². The van der Waals surface area contributed by atoms with Gasteiger partial charge in [-0.05, 0) is 57.0 Å². The Labute approximate surface area is 198 Å². The van der Waals surface area contributed by atoms with E-state index in [2.05, 4.69) is 42.3 Å². The minimum Gasteiger partial charge on any atom is -0.493 e. The normalized spacial score (nSPS) is 15.4. The van der Waals surface area contributed by atoms with Gasteiger partial charge in [0, 0.05) is 46.6 Å². The van der Waals surface area contributed by atoms with Gasteiger partial charge in [-0.2, -0.15) is 0 Å². The first-order chi connectivity index (χ1) is 16.0. The third-order valence-corrected chi connectivity index (χ3v) is 6.45. The number of hydrogen-bond donors (Lipinski definition) is 2. The van der Waals surface area contributed by atoms with E-state index in [4.69, 9.17) is 21.3 Å². The number of nitrogens with zero attached hydrogens (tertiary/aromatic N) is 2. The van der Waals surface area contributed by atoms with Crippen molar-refractivity contribution in [2.45, 2.75) is 32.7 Å². The Hall–Kier alpha value is -3.15. The lowest BCUT2D eigenvalue weighted by molar-refractivity contribution is 0.255. The third-order valence-electron chi connectivity index (χ3n) is 6.14. The zero-order valence-electron chi connectivity index (χ0n) is 18.7. The molecule has 0 radical (unpaired) electrons. The molecule has 6 heteroatoms. The number of hydrogen-bond acceptors (Lipinski definition) is 5. The van der Waals surface area contributed by atoms with Crippen molar-refractivity contribution >= 4 is 22.5 Å². The van der Waals surface area contributed by atoms with Gasteiger partial charge >= 0.3 is 0 Å². The van der Waals surface area contributed by atoms with E-state index in [1.807, 2.05) is 18.3 Å². The second kappa shape index (κ2) is 9.00. The van der Waals surface area contributed by atoms with Crippen LogP contribution < -0.4 is 10.1 Å². The Bertz CT molecular complexity index is 1300. The lowest BCUT2D eigenvalue weighted by Crippen LogP contribution is -2.43. The van der Waals surface area contributed by atoms with Gasteiger partial charge in [0.1, 0.15) is 5.75 Å². The van der Waals surface area contributed by atoms with Crippen LogP contribution in [0.5, 0.6) is 11.6 Å². The summed E-state index contributed by atoms with van der Waals surface area (Å²) in [6.45, 7) is 5.90. The molecule has 4 aromatic rings. The average molecular weight is 460 g/mol. The number of pyridine rings is 2. The van der Waals surface area contributed by atoms with Gasteiger partial charge in [0.25, 0.3) is 0 Å². The maximum atomic E-state index is 9.58. The highest BCUT2D eigenvalue weighted by Gasteiger charge is 2.19. The number of aryl methyl sites for hydroxylation is 2. The molecule has 0 spiro atoms. The number of aromatic nitrogens is 2. The van der Waals surface area contributed by atoms with Gasteiger partial charge in [0.2, 0.25) is 5.88 Å². The summed E-state index contributed by atoms with van der Waals surface area (Å²) in [5.74, 6) is 0.789. The first kappa shape index (κ1) is 21.7. The molecule has 2 aromatic carbocycles. The zero-order valence-corrected chi connectivity index (χ0v) is 19.5. The molecule has 0 saturated carbocycles. The lowest BCUT2D eigenvalue weighted by Gasteiger charge is -2.27. The molecule has 168 valence electrons. The molecule has 2 aromatic heterocycles. The van der Waals surface area contributed by atoms with Crippen molar-refractivity contribution in [1.82, 2.24) is 15.3 Å². The highest BCUT2D eigenvalue weighted by atomic mass is 35.5. The number of ether oxygens (including phenoxy) is 1. The monoisotopic (exact) mass is 459 g/mol. The predicted octanol–water partition coefficient (Wildman–Crippen LogP) is 6.07. The van der Waals surface area contributed by atoms with E-state index in [-0.39, 0.29) is 5.88 Å². The van der Waals surface area contributed by atoms with Gasteiger partial charge in [0.05, 0.1) is 17.1 Å². The fourth-order valence-corrected chi connectivity index (χ4v) is 4.61. The lowest BCUT2D eigenvalue weighted by atomic mass is 9.98. The Balaban J connectivity index is 1.65. The molecule has 3 heterocycles. The predicted molar refractivity (Wildman–Crippen MR) is 133 cm³/mol. The fourth-order valence-electron chi connectivity index (χ4n) is 4.35. The first-order valence-electron chi connectivity index (χ1n) is 11.2. The van der Waals surface area contributed by atoms with Crippen LogP contribution in [-0.2, 0) is 0 Å². The molecule has 1 unspecified atom stereocenters. The van der Waals surface area contributed by atoms with Crippen LogP contribution in [0.2, 0.25) is 5.02 Å². The molecule has 5 nitrogen and oxygen atoms in total. The van der Waals surface area contributed by atoms with Crippen LogP contribution in [0.4, 0.5) is 0 Å². The summed E-state index contributed by atoms with van der Waals surface area (Å²) in [7, 11) is 0. The van der Waals surface area contributed by atoms with Gasteiger partial charge in [-0.1, -0.05) is 40.9 Å². The van der Waals surface area contributed by atoms with Crippen molar-refractivity contribution in [3.63, 3.8) is 0 Å². The summed E-state index contributed by atoms with van der Waals surface area (Å²) >= 11 is 6.62. The van der Waals surface area contributed by atoms with E-state index >= 15 is 0 Å². The summed E-state index contributed by atoms with van der Waals surface area (Å²) in [5.41, 5.74) is 6.86. The maximum absolute atomic E-state index is 9.58. The van der Waals surface area contributed by atoms with Gasteiger partial charge in [-0.15, -0.1) is 0 Å². The van der Waals surface area contributed by atoms with E-state index in [1.165, 1.54) is 17.5 Å². The quantitative estimate of drug-likeness (QED) is 0.366. The molecule has 1 atom stereocenters. The van der Waals surface area contributed by atoms with Crippen LogP contribution in [0.1, 0.15) is 24.0 Å². The number of aromatic hydroxyl groups is 1. The minimum absolute atomic E-state index is 0.0249. The van der Waals surface area contributed by atoms with Gasteiger partial charge in [0.15, 0.2) is 0 Å². The Morgan fingerprint density at radius 1 is 1.00 bits per heavy atom. The van der Waals surface area contributed by atoms with Crippen molar-refractivity contribution in [3.8, 4) is 33.9 Å². The molecule has 5 rings (SSSR count). The molecule has 0 aliphatic carbocycles. The van der Waals surface area contributed by atoms with Crippen LogP contribution in [0.15, 0.2) is 54.9 Å². The van der Waals surface area contributed by atoms with Crippen LogP contribution in [0, 0.1) is 13.8 Å². The molecule has 33 heavy (non-hydrogen) atoms. The smallest absolute Gasteiger partial charge is 0.210 e. The van der Waals surface area contributed by atoms with Crippen molar-refractivity contribution < 1.29 is 9.84 Å². The molecule has 2 N–H and O–H groups in total. The Morgan fingerprint density at radius 3 is 2.45 bits per heavy atom. The molecule has 1 aliphatic rings. The average Bonchev–Trinajstić information content (AvgIpc) is 2.75. The topological polar surface area (TPSA) is 67.3 Å². The van der Waals surface area contributed by atoms with Crippen molar-refractivity contribution in [2.24, 2.45) is 0 Å². The Kier molecular flexibility index (Phi) is 5.92. The van der Waals surface area contributed by atoms with E-state index in [0.29, 0.717) is 17.7 Å². The van der Waals surface area contributed by atoms with Crippen LogP contribution in [0.25, 0.3) is 33.2 Å². The molecular formula is C27H26ClN3O2. The molecule has 1 fully saturated rings. The standard InChI is InChI=1S/C27H26ClN3O2/c1-16-9-17(2)11-19(10-16)23-15-30-25-13-24(28)21(18-3-4-26(32)31-14-18)12-22(25)27(23)33-8-6-20-5-7-29-20/h3-4,9-15,20,29H,5-8H2,1-2H3,(H,31,32). The van der Waals surface area contributed by atoms with Crippen molar-refractivity contribution in [1.29, 1.82) is 0 Å². The van der Waals surface area contributed by atoms with E-state index in [0.717, 1.165) is 51.9 Å². The second-order valence-electron chi connectivity index (χ2n) is 8.71. The fraction of sp³-hybridized carbons (Fsp3) is 0.259. The summed E-state index contributed by atoms with van der Waals surface area (Å²) in [6.07, 6.45) is 5.65. The second-order valence-corrected chi connectivity index (χ2v) is 9.12. The number of rotatable bonds is 6. The van der Waals surface area contributed by atoms with E-state index in [1.54, 1.807) is 18.3 Å². The number of halogens is 1.